The number of aryl methyl sites for hydroxylation is 1. The summed E-state index contributed by atoms with van der Waals surface area (Å²) in [4.78, 5) is 0. The second-order valence-electron chi connectivity index (χ2n) is 9.76. The van der Waals surface area contributed by atoms with Gasteiger partial charge in [0.2, 0.25) is 0 Å². The van der Waals surface area contributed by atoms with E-state index in [0.717, 1.165) is 11.8 Å². The third kappa shape index (κ3) is 3.89. The van der Waals surface area contributed by atoms with Crippen molar-refractivity contribution in [3.63, 3.8) is 0 Å². The third-order valence-electron chi connectivity index (χ3n) is 6.82. The molecule has 140 valence electrons. The van der Waals surface area contributed by atoms with Crippen molar-refractivity contribution in [2.75, 3.05) is 6.61 Å². The van der Waals surface area contributed by atoms with Gasteiger partial charge in [-0.25, -0.2) is 0 Å². The lowest BCUT2D eigenvalue weighted by Crippen LogP contribution is -2.50. The highest BCUT2D eigenvalue weighted by Crippen LogP contribution is 2.48. The third-order valence-corrected chi connectivity index (χ3v) is 12.3. The molecule has 0 amide bonds. The highest BCUT2D eigenvalue weighted by molar-refractivity contribution is 6.92. The van der Waals surface area contributed by atoms with E-state index in [9.17, 15) is 0 Å². The minimum atomic E-state index is -1.69. The van der Waals surface area contributed by atoms with E-state index in [0.29, 0.717) is 12.5 Å². The predicted molar refractivity (Wildman–Crippen MR) is 114 cm³/mol. The first kappa shape index (κ1) is 20.3. The summed E-state index contributed by atoms with van der Waals surface area (Å²) in [6.07, 6.45) is 4.53. The van der Waals surface area contributed by atoms with E-state index < -0.39 is 8.07 Å². The average Bonchev–Trinajstić information content (AvgIpc) is 2.83. The second-order valence-corrected chi connectivity index (χ2v) is 15.1. The van der Waals surface area contributed by atoms with Gasteiger partial charge in [-0.2, -0.15) is 0 Å². The Balaban J connectivity index is 2.69. The molecule has 0 heterocycles. The van der Waals surface area contributed by atoms with Gasteiger partial charge in [0.1, 0.15) is 12.4 Å². The normalized spacial score (nSPS) is 24.4. The van der Waals surface area contributed by atoms with Crippen LogP contribution < -0.4 is 9.92 Å². The Hall–Kier alpha value is -1.02. The molecule has 0 aliphatic heterocycles. The SMILES string of the molecule is C=CCOc1c(C2C(C)CCC2C)cc(C)cc1[Si](C)(C)C(C)(C)C. The largest absolute Gasteiger partial charge is 0.489 e. The van der Waals surface area contributed by atoms with Crippen molar-refractivity contribution in [2.45, 2.75) is 78.4 Å². The van der Waals surface area contributed by atoms with Crippen molar-refractivity contribution in [1.29, 1.82) is 0 Å². The van der Waals surface area contributed by atoms with Crippen LogP contribution in [0.5, 0.6) is 5.75 Å². The summed E-state index contributed by atoms with van der Waals surface area (Å²) in [7, 11) is -1.69. The standard InChI is InChI=1S/C23H38OSi/c1-10-13-24-22-19(21-17(3)11-12-18(21)4)14-16(2)15-20(22)25(8,9)23(5,6)7/h10,14-15,17-18,21H,1,11-13H2,2-9H3. The van der Waals surface area contributed by atoms with Gasteiger partial charge in [0, 0.05) is 0 Å². The van der Waals surface area contributed by atoms with Gasteiger partial charge in [0.05, 0.1) is 8.07 Å². The Morgan fingerprint density at radius 2 is 1.72 bits per heavy atom. The zero-order chi connectivity index (χ0) is 19.0. The lowest BCUT2D eigenvalue weighted by atomic mass is 9.83. The maximum atomic E-state index is 6.38. The molecule has 2 rings (SSSR count). The molecule has 1 fully saturated rings. The summed E-state index contributed by atoms with van der Waals surface area (Å²) in [6.45, 7) is 23.7. The van der Waals surface area contributed by atoms with Gasteiger partial charge in [0.15, 0.2) is 0 Å². The summed E-state index contributed by atoms with van der Waals surface area (Å²) in [5, 5.41) is 1.78. The zero-order valence-electron chi connectivity index (χ0n) is 17.7. The molecule has 25 heavy (non-hydrogen) atoms. The molecule has 1 aliphatic carbocycles. The Labute approximate surface area is 156 Å². The van der Waals surface area contributed by atoms with Gasteiger partial charge >= 0.3 is 0 Å². The molecule has 1 aromatic carbocycles. The van der Waals surface area contributed by atoms with Crippen LogP contribution in [0.1, 0.15) is 64.5 Å². The van der Waals surface area contributed by atoms with Gasteiger partial charge < -0.3 is 4.74 Å². The van der Waals surface area contributed by atoms with Crippen LogP contribution in [0.3, 0.4) is 0 Å². The van der Waals surface area contributed by atoms with Gasteiger partial charge in [-0.15, -0.1) is 0 Å². The van der Waals surface area contributed by atoms with Crippen LogP contribution in [0.15, 0.2) is 24.8 Å². The minimum absolute atomic E-state index is 0.289. The maximum Gasteiger partial charge on any atom is 0.122 e. The van der Waals surface area contributed by atoms with E-state index >= 15 is 0 Å². The summed E-state index contributed by atoms with van der Waals surface area (Å²) in [5.41, 5.74) is 2.84. The molecule has 0 spiro atoms. The lowest BCUT2D eigenvalue weighted by Gasteiger charge is -2.39. The predicted octanol–water partition coefficient (Wildman–Crippen LogP) is 6.42. The number of ether oxygens (including phenoxy) is 1. The van der Waals surface area contributed by atoms with Crippen molar-refractivity contribution in [2.24, 2.45) is 11.8 Å². The van der Waals surface area contributed by atoms with E-state index in [1.54, 1.807) is 0 Å². The first-order chi connectivity index (χ1) is 11.5. The van der Waals surface area contributed by atoms with Crippen molar-refractivity contribution >= 4 is 13.3 Å². The first-order valence-corrected chi connectivity index (χ1v) is 12.9. The smallest absolute Gasteiger partial charge is 0.122 e. The Morgan fingerprint density at radius 1 is 1.16 bits per heavy atom. The van der Waals surface area contributed by atoms with Gasteiger partial charge in [0.25, 0.3) is 0 Å². The molecular weight excluding hydrogens is 320 g/mol. The van der Waals surface area contributed by atoms with Crippen LogP contribution in [0, 0.1) is 18.8 Å². The Kier molecular flexibility index (Phi) is 5.93. The number of hydrogen-bond donors (Lipinski definition) is 0. The number of hydrogen-bond acceptors (Lipinski definition) is 1. The van der Waals surface area contributed by atoms with Crippen LogP contribution in [-0.2, 0) is 0 Å². The highest BCUT2D eigenvalue weighted by atomic mass is 28.3. The average molecular weight is 359 g/mol. The van der Waals surface area contributed by atoms with E-state index in [1.807, 2.05) is 6.08 Å². The summed E-state index contributed by atoms with van der Waals surface area (Å²) < 4.78 is 6.38. The molecule has 1 saturated carbocycles. The molecule has 1 aliphatic rings. The fourth-order valence-corrected chi connectivity index (χ4v) is 6.46. The lowest BCUT2D eigenvalue weighted by molar-refractivity contribution is 0.348. The van der Waals surface area contributed by atoms with E-state index in [1.165, 1.54) is 34.9 Å². The van der Waals surface area contributed by atoms with Gasteiger partial charge in [-0.3, -0.25) is 0 Å². The molecular formula is C23H38OSi. The van der Waals surface area contributed by atoms with Crippen LogP contribution >= 0.6 is 0 Å². The molecule has 0 aromatic heterocycles. The van der Waals surface area contributed by atoms with Gasteiger partial charge in [-0.1, -0.05) is 78.1 Å². The molecule has 0 saturated heterocycles. The second kappa shape index (κ2) is 7.30. The molecule has 0 bridgehead atoms. The Bertz CT molecular complexity index is 614. The molecule has 0 N–H and O–H groups in total. The van der Waals surface area contributed by atoms with Gasteiger partial charge in [-0.05, 0) is 53.3 Å². The molecule has 1 nitrogen and oxygen atoms in total. The zero-order valence-corrected chi connectivity index (χ0v) is 18.7. The number of benzene rings is 1. The van der Waals surface area contributed by atoms with Crippen LogP contribution in [-0.4, -0.2) is 14.7 Å². The van der Waals surface area contributed by atoms with Crippen molar-refractivity contribution < 1.29 is 4.74 Å². The fraction of sp³-hybridized carbons (Fsp3) is 0.652. The van der Waals surface area contributed by atoms with Crippen molar-refractivity contribution in [3.05, 3.63) is 35.9 Å². The van der Waals surface area contributed by atoms with E-state index in [-0.39, 0.29) is 5.04 Å². The van der Waals surface area contributed by atoms with Crippen molar-refractivity contribution in [3.8, 4) is 5.75 Å². The van der Waals surface area contributed by atoms with Crippen molar-refractivity contribution in [1.82, 2.24) is 0 Å². The van der Waals surface area contributed by atoms with E-state index in [2.05, 4.69) is 73.3 Å². The van der Waals surface area contributed by atoms with Crippen LogP contribution in [0.2, 0.25) is 18.1 Å². The topological polar surface area (TPSA) is 9.23 Å². The molecule has 2 heteroatoms. The Morgan fingerprint density at radius 3 is 2.20 bits per heavy atom. The minimum Gasteiger partial charge on any atom is -0.489 e. The maximum absolute atomic E-state index is 6.38. The molecule has 1 aromatic rings. The van der Waals surface area contributed by atoms with E-state index in [4.69, 9.17) is 4.74 Å². The summed E-state index contributed by atoms with van der Waals surface area (Å²) in [5.74, 6) is 3.26. The van der Waals surface area contributed by atoms with Crippen LogP contribution in [0.4, 0.5) is 0 Å². The molecule has 2 atom stereocenters. The fourth-order valence-electron chi connectivity index (χ4n) is 4.28. The number of rotatable bonds is 5. The first-order valence-electron chi connectivity index (χ1n) is 9.89. The molecule has 0 radical (unpaired) electrons. The summed E-state index contributed by atoms with van der Waals surface area (Å²) in [6, 6.07) is 4.81. The summed E-state index contributed by atoms with van der Waals surface area (Å²) >= 11 is 0. The molecule has 2 unspecified atom stereocenters. The quantitative estimate of drug-likeness (QED) is 0.435. The highest BCUT2D eigenvalue weighted by Gasteiger charge is 2.41. The van der Waals surface area contributed by atoms with Crippen LogP contribution in [0.25, 0.3) is 0 Å². The monoisotopic (exact) mass is 358 g/mol.